The second kappa shape index (κ2) is 6.70. The first-order valence-corrected chi connectivity index (χ1v) is 11.2. The average Bonchev–Trinajstić information content (AvgIpc) is 3.39. The van der Waals surface area contributed by atoms with E-state index in [9.17, 15) is 0 Å². The van der Waals surface area contributed by atoms with Crippen LogP contribution in [0.5, 0.6) is 0 Å². The number of hydrogen-bond donors (Lipinski definition) is 1. The van der Waals surface area contributed by atoms with Crippen molar-refractivity contribution in [1.82, 2.24) is 4.98 Å². The number of rotatable bonds is 2. The summed E-state index contributed by atoms with van der Waals surface area (Å²) in [5, 5.41) is 2.56. The number of benzene rings is 5. The Kier molecular flexibility index (Phi) is 3.68. The van der Waals surface area contributed by atoms with Gasteiger partial charge in [-0.05, 0) is 63.2 Å². The zero-order chi connectivity index (χ0) is 21.1. The summed E-state index contributed by atoms with van der Waals surface area (Å²) in [6, 6.07) is 42.0. The van der Waals surface area contributed by atoms with Crippen molar-refractivity contribution >= 4 is 21.8 Å². The van der Waals surface area contributed by atoms with Gasteiger partial charge >= 0.3 is 0 Å². The fourth-order valence-corrected chi connectivity index (χ4v) is 5.41. The molecule has 5 aromatic carbocycles. The molecule has 0 saturated heterocycles. The molecule has 1 nitrogen and oxygen atoms in total. The molecule has 0 aliphatic heterocycles. The molecule has 0 spiro atoms. The first-order valence-electron chi connectivity index (χ1n) is 11.2. The maximum atomic E-state index is 3.54. The normalized spacial score (nSPS) is 14.6. The van der Waals surface area contributed by atoms with Crippen LogP contribution in [0.3, 0.4) is 0 Å². The largest absolute Gasteiger partial charge is 0.355 e. The number of para-hydroxylation sites is 1. The van der Waals surface area contributed by atoms with E-state index in [-0.39, 0.29) is 0 Å². The zero-order valence-corrected chi connectivity index (χ0v) is 17.5. The Bertz CT molecular complexity index is 1620. The Hall–Kier alpha value is -4.10. The van der Waals surface area contributed by atoms with Gasteiger partial charge in [-0.15, -0.1) is 0 Å². The lowest BCUT2D eigenvalue weighted by Gasteiger charge is -2.14. The summed E-state index contributed by atoms with van der Waals surface area (Å²) < 4.78 is 0. The van der Waals surface area contributed by atoms with Crippen molar-refractivity contribution in [3.05, 3.63) is 132 Å². The summed E-state index contributed by atoms with van der Waals surface area (Å²) in [6.45, 7) is 0. The lowest BCUT2D eigenvalue weighted by molar-refractivity contribution is 1.02. The van der Waals surface area contributed by atoms with Gasteiger partial charge in [-0.2, -0.15) is 0 Å². The van der Waals surface area contributed by atoms with Gasteiger partial charge in [0, 0.05) is 27.7 Å². The summed E-state index contributed by atoms with van der Waals surface area (Å²) in [7, 11) is 0. The highest BCUT2D eigenvalue weighted by molar-refractivity contribution is 6.08. The van der Waals surface area contributed by atoms with Crippen LogP contribution in [0, 0.1) is 0 Å². The van der Waals surface area contributed by atoms with Crippen molar-refractivity contribution in [2.45, 2.75) is 5.92 Å². The van der Waals surface area contributed by atoms with Gasteiger partial charge in [-0.25, -0.2) is 0 Å². The van der Waals surface area contributed by atoms with Gasteiger partial charge in [0.25, 0.3) is 0 Å². The van der Waals surface area contributed by atoms with E-state index in [0.29, 0.717) is 5.92 Å². The van der Waals surface area contributed by atoms with E-state index in [0.717, 1.165) is 0 Å². The molecule has 150 valence electrons. The van der Waals surface area contributed by atoms with Crippen LogP contribution in [-0.2, 0) is 0 Å². The molecule has 1 heterocycles. The van der Waals surface area contributed by atoms with E-state index >= 15 is 0 Å². The summed E-state index contributed by atoms with van der Waals surface area (Å²) in [5.74, 6) is 0.299. The van der Waals surface area contributed by atoms with Crippen LogP contribution in [0.25, 0.3) is 44.1 Å². The fourth-order valence-electron chi connectivity index (χ4n) is 5.41. The molecule has 7 rings (SSSR count). The highest BCUT2D eigenvalue weighted by atomic mass is 14.7. The summed E-state index contributed by atoms with van der Waals surface area (Å²) >= 11 is 0. The number of hydrogen-bond acceptors (Lipinski definition) is 0. The van der Waals surface area contributed by atoms with Gasteiger partial charge in [0.2, 0.25) is 0 Å². The Labute approximate surface area is 187 Å². The Morgan fingerprint density at radius 2 is 1.16 bits per heavy atom. The number of aromatic nitrogens is 1. The second-order valence-electron chi connectivity index (χ2n) is 8.66. The molecule has 0 fully saturated rings. The van der Waals surface area contributed by atoms with Crippen molar-refractivity contribution in [2.75, 3.05) is 0 Å². The van der Waals surface area contributed by atoms with E-state index in [1.807, 2.05) is 0 Å². The standard InChI is InChI=1S/C31H21N/c1-2-8-20(9-3-1)31-25-12-5-4-10-23(25)27-18-21(14-16-26(27)31)22-15-17-30-28(19-22)24-11-6-7-13-29(24)32-30/h1-19,31-32H/t31-/m1/s1. The lowest BCUT2D eigenvalue weighted by atomic mass is 9.89. The highest BCUT2D eigenvalue weighted by Gasteiger charge is 2.29. The fraction of sp³-hybridized carbons (Fsp3) is 0.0323. The SMILES string of the molecule is c1ccc([C@@H]2c3ccccc3-c3cc(-c4ccc5[nH]c6ccccc6c5c4)ccc32)cc1. The maximum Gasteiger partial charge on any atom is 0.0465 e. The van der Waals surface area contributed by atoms with Crippen molar-refractivity contribution in [2.24, 2.45) is 0 Å². The van der Waals surface area contributed by atoms with Crippen LogP contribution in [0.1, 0.15) is 22.6 Å². The number of fused-ring (bicyclic) bond motifs is 6. The number of nitrogens with one attached hydrogen (secondary N) is 1. The molecule has 1 atom stereocenters. The van der Waals surface area contributed by atoms with Crippen LogP contribution in [0.15, 0.2) is 115 Å². The summed E-state index contributed by atoms with van der Waals surface area (Å²) in [5.41, 5.74) is 11.8. The molecule has 1 aliphatic rings. The molecule has 0 unspecified atom stereocenters. The predicted octanol–water partition coefficient (Wildman–Crippen LogP) is 8.15. The minimum atomic E-state index is 0.299. The van der Waals surface area contributed by atoms with E-state index in [2.05, 4.69) is 120 Å². The van der Waals surface area contributed by atoms with Crippen LogP contribution in [0.4, 0.5) is 0 Å². The summed E-state index contributed by atoms with van der Waals surface area (Å²) in [6.07, 6.45) is 0. The Balaban J connectivity index is 1.41. The number of H-pyrrole nitrogens is 1. The predicted molar refractivity (Wildman–Crippen MR) is 134 cm³/mol. The minimum absolute atomic E-state index is 0.299. The molecule has 1 N–H and O–H groups in total. The smallest absolute Gasteiger partial charge is 0.0465 e. The lowest BCUT2D eigenvalue weighted by Crippen LogP contribution is -1.98. The van der Waals surface area contributed by atoms with E-state index in [1.54, 1.807) is 0 Å². The molecule has 1 aliphatic carbocycles. The molecule has 0 radical (unpaired) electrons. The molecule has 0 bridgehead atoms. The first-order chi connectivity index (χ1) is 15.9. The first kappa shape index (κ1) is 17.6. The van der Waals surface area contributed by atoms with Crippen LogP contribution < -0.4 is 0 Å². The van der Waals surface area contributed by atoms with Crippen molar-refractivity contribution < 1.29 is 0 Å². The van der Waals surface area contributed by atoms with E-state index in [4.69, 9.17) is 0 Å². The topological polar surface area (TPSA) is 15.8 Å². The van der Waals surface area contributed by atoms with Crippen molar-refractivity contribution in [1.29, 1.82) is 0 Å². The third-order valence-corrected chi connectivity index (χ3v) is 6.90. The van der Waals surface area contributed by atoms with Crippen molar-refractivity contribution in [3.8, 4) is 22.3 Å². The second-order valence-corrected chi connectivity index (χ2v) is 8.66. The average molecular weight is 408 g/mol. The van der Waals surface area contributed by atoms with Crippen molar-refractivity contribution in [3.63, 3.8) is 0 Å². The molecule has 1 heteroatoms. The molecular weight excluding hydrogens is 386 g/mol. The molecule has 1 aromatic heterocycles. The van der Waals surface area contributed by atoms with Gasteiger partial charge in [-0.3, -0.25) is 0 Å². The Morgan fingerprint density at radius 3 is 2.09 bits per heavy atom. The van der Waals surface area contributed by atoms with E-state index in [1.165, 1.54) is 60.8 Å². The number of aromatic amines is 1. The van der Waals surface area contributed by atoms with E-state index < -0.39 is 0 Å². The van der Waals surface area contributed by atoms with Crippen LogP contribution in [0.2, 0.25) is 0 Å². The molecule has 32 heavy (non-hydrogen) atoms. The molecular formula is C31H21N. The van der Waals surface area contributed by atoms with Gasteiger partial charge in [0.05, 0.1) is 0 Å². The minimum Gasteiger partial charge on any atom is -0.355 e. The maximum absolute atomic E-state index is 3.54. The third-order valence-electron chi connectivity index (χ3n) is 6.90. The molecule has 0 saturated carbocycles. The highest BCUT2D eigenvalue weighted by Crippen LogP contribution is 2.49. The van der Waals surface area contributed by atoms with Gasteiger partial charge in [-0.1, -0.05) is 91.0 Å². The monoisotopic (exact) mass is 407 g/mol. The van der Waals surface area contributed by atoms with Crippen LogP contribution in [-0.4, -0.2) is 4.98 Å². The Morgan fingerprint density at radius 1 is 0.469 bits per heavy atom. The quantitative estimate of drug-likeness (QED) is 0.298. The zero-order valence-electron chi connectivity index (χ0n) is 17.5. The summed E-state index contributed by atoms with van der Waals surface area (Å²) in [4.78, 5) is 3.54. The van der Waals surface area contributed by atoms with Gasteiger partial charge < -0.3 is 4.98 Å². The van der Waals surface area contributed by atoms with Gasteiger partial charge in [0.1, 0.15) is 0 Å². The molecule has 6 aromatic rings. The van der Waals surface area contributed by atoms with Gasteiger partial charge in [0.15, 0.2) is 0 Å². The third kappa shape index (κ3) is 2.52. The molecule has 0 amide bonds. The van der Waals surface area contributed by atoms with Crippen LogP contribution >= 0.6 is 0 Å².